The average Bonchev–Trinajstić information content (AvgIpc) is 2.73. The lowest BCUT2D eigenvalue weighted by Gasteiger charge is -2.12. The Morgan fingerprint density at radius 1 is 0.967 bits per heavy atom. The number of ether oxygens (including phenoxy) is 3. The number of esters is 1. The van der Waals surface area contributed by atoms with Gasteiger partial charge in [-0.05, 0) is 51.2 Å². The fourth-order valence-electron chi connectivity index (χ4n) is 3.39. The zero-order valence-corrected chi connectivity index (χ0v) is 18.6. The second kappa shape index (κ2) is 13.1. The van der Waals surface area contributed by atoms with Crippen LogP contribution >= 0.6 is 0 Å². The van der Waals surface area contributed by atoms with Crippen molar-refractivity contribution in [2.75, 3.05) is 26.4 Å². The first-order valence-electron chi connectivity index (χ1n) is 11.2. The topological polar surface area (TPSA) is 77.6 Å². The molecule has 0 aliphatic rings. The summed E-state index contributed by atoms with van der Waals surface area (Å²) in [5.41, 5.74) is 1.35. The van der Waals surface area contributed by atoms with Crippen LogP contribution < -0.4 is 10.2 Å². The number of unbranched alkanes of at least 4 members (excludes halogenated alkanes) is 4. The van der Waals surface area contributed by atoms with E-state index >= 15 is 0 Å². The molecule has 0 unspecified atom stereocenters. The molecule has 6 heteroatoms. The van der Waals surface area contributed by atoms with Crippen molar-refractivity contribution in [1.82, 2.24) is 4.98 Å². The summed E-state index contributed by atoms with van der Waals surface area (Å²) >= 11 is 0. The molecule has 1 aromatic heterocycles. The zero-order valence-electron chi connectivity index (χ0n) is 18.6. The minimum absolute atomic E-state index is 0.0275. The summed E-state index contributed by atoms with van der Waals surface area (Å²) in [5.74, 6) is 0.176. The van der Waals surface area contributed by atoms with Crippen LogP contribution in [0.25, 0.3) is 10.9 Å². The third-order valence-electron chi connectivity index (χ3n) is 4.98. The summed E-state index contributed by atoms with van der Waals surface area (Å²) in [6.45, 7) is 8.27. The van der Waals surface area contributed by atoms with Crippen LogP contribution in [0.4, 0.5) is 0 Å². The molecule has 1 aromatic carbocycles. The summed E-state index contributed by atoms with van der Waals surface area (Å²) < 4.78 is 16.4. The van der Waals surface area contributed by atoms with Crippen molar-refractivity contribution in [3.8, 4) is 5.75 Å². The first-order chi connectivity index (χ1) is 14.6. The van der Waals surface area contributed by atoms with E-state index < -0.39 is 5.97 Å². The van der Waals surface area contributed by atoms with Gasteiger partial charge in [-0.25, -0.2) is 4.79 Å². The second-order valence-corrected chi connectivity index (χ2v) is 7.32. The van der Waals surface area contributed by atoms with Gasteiger partial charge in [-0.3, -0.25) is 4.79 Å². The Hall–Kier alpha value is -2.34. The smallest absolute Gasteiger partial charge is 0.343 e. The molecule has 1 heterocycles. The second-order valence-electron chi connectivity index (χ2n) is 7.32. The van der Waals surface area contributed by atoms with Gasteiger partial charge < -0.3 is 19.2 Å². The van der Waals surface area contributed by atoms with Crippen molar-refractivity contribution >= 4 is 16.9 Å². The van der Waals surface area contributed by atoms with E-state index in [0.29, 0.717) is 17.5 Å². The zero-order chi connectivity index (χ0) is 21.8. The fraction of sp³-hybridized carbons (Fsp3) is 0.583. The molecule has 30 heavy (non-hydrogen) atoms. The number of aromatic amines is 1. The molecule has 0 bridgehead atoms. The number of hydrogen-bond donors (Lipinski definition) is 1. The fourth-order valence-corrected chi connectivity index (χ4v) is 3.39. The third kappa shape index (κ3) is 6.87. The summed E-state index contributed by atoms with van der Waals surface area (Å²) in [4.78, 5) is 27.9. The standard InChI is InChI=1S/C24H35NO5/c1-4-7-10-13-28-14-11-8-9-12-18-15-19-21(16-22(18)29-5-2)25-17-20(23(19)26)24(27)30-6-3/h15-17H,4-14H2,1-3H3,(H,25,26). The van der Waals surface area contributed by atoms with Gasteiger partial charge in [-0.1, -0.05) is 26.2 Å². The monoisotopic (exact) mass is 417 g/mol. The number of pyridine rings is 1. The van der Waals surface area contributed by atoms with Gasteiger partial charge in [0.15, 0.2) is 0 Å². The molecule has 166 valence electrons. The summed E-state index contributed by atoms with van der Waals surface area (Å²) in [5, 5.41) is 0.485. The number of H-pyrrole nitrogens is 1. The Kier molecular flexibility index (Phi) is 10.4. The van der Waals surface area contributed by atoms with Gasteiger partial charge in [0.1, 0.15) is 11.3 Å². The van der Waals surface area contributed by atoms with E-state index in [1.807, 2.05) is 19.1 Å². The molecular weight excluding hydrogens is 382 g/mol. The normalized spacial score (nSPS) is 11.0. The number of aromatic nitrogens is 1. The van der Waals surface area contributed by atoms with Gasteiger partial charge in [-0.15, -0.1) is 0 Å². The highest BCUT2D eigenvalue weighted by Gasteiger charge is 2.16. The van der Waals surface area contributed by atoms with E-state index in [1.165, 1.54) is 19.0 Å². The van der Waals surface area contributed by atoms with Crippen LogP contribution in [0.15, 0.2) is 23.1 Å². The highest BCUT2D eigenvalue weighted by Crippen LogP contribution is 2.26. The molecule has 0 saturated carbocycles. The molecule has 0 fully saturated rings. The lowest BCUT2D eigenvalue weighted by atomic mass is 10.0. The number of fused-ring (bicyclic) bond motifs is 1. The Morgan fingerprint density at radius 2 is 1.73 bits per heavy atom. The van der Waals surface area contributed by atoms with E-state index in [9.17, 15) is 9.59 Å². The lowest BCUT2D eigenvalue weighted by Crippen LogP contribution is -2.18. The molecule has 0 aliphatic heterocycles. The molecule has 0 aliphatic carbocycles. The number of rotatable bonds is 14. The van der Waals surface area contributed by atoms with Gasteiger partial charge in [0.25, 0.3) is 0 Å². The highest BCUT2D eigenvalue weighted by atomic mass is 16.5. The van der Waals surface area contributed by atoms with Gasteiger partial charge in [0.2, 0.25) is 5.43 Å². The number of benzene rings is 1. The number of carbonyl (C=O) groups is 1. The minimum Gasteiger partial charge on any atom is -0.494 e. The van der Waals surface area contributed by atoms with Crippen molar-refractivity contribution in [3.63, 3.8) is 0 Å². The van der Waals surface area contributed by atoms with Gasteiger partial charge in [0.05, 0.1) is 18.7 Å². The van der Waals surface area contributed by atoms with E-state index in [4.69, 9.17) is 14.2 Å². The third-order valence-corrected chi connectivity index (χ3v) is 4.98. The summed E-state index contributed by atoms with van der Waals surface area (Å²) in [7, 11) is 0. The number of hydrogen-bond acceptors (Lipinski definition) is 5. The van der Waals surface area contributed by atoms with Crippen LogP contribution in [0, 0.1) is 0 Å². The maximum atomic E-state index is 12.8. The number of carbonyl (C=O) groups excluding carboxylic acids is 1. The summed E-state index contributed by atoms with van der Waals surface area (Å²) in [6.07, 6.45) is 8.85. The molecule has 0 atom stereocenters. The molecule has 1 N–H and O–H groups in total. The number of aryl methyl sites for hydroxylation is 1. The quantitative estimate of drug-likeness (QED) is 0.345. The molecule has 0 spiro atoms. The van der Waals surface area contributed by atoms with Gasteiger partial charge in [-0.2, -0.15) is 0 Å². The van der Waals surface area contributed by atoms with E-state index in [2.05, 4.69) is 11.9 Å². The molecule has 2 rings (SSSR count). The molecule has 2 aromatic rings. The Labute approximate surface area is 178 Å². The maximum Gasteiger partial charge on any atom is 0.343 e. The largest absolute Gasteiger partial charge is 0.494 e. The minimum atomic E-state index is -0.602. The average molecular weight is 418 g/mol. The Balaban J connectivity index is 2.05. The first kappa shape index (κ1) is 23.9. The molecule has 6 nitrogen and oxygen atoms in total. The maximum absolute atomic E-state index is 12.8. The predicted molar refractivity (Wildman–Crippen MR) is 120 cm³/mol. The van der Waals surface area contributed by atoms with Crippen LogP contribution in [0.1, 0.15) is 75.2 Å². The van der Waals surface area contributed by atoms with Crippen molar-refractivity contribution in [2.45, 2.75) is 65.7 Å². The highest BCUT2D eigenvalue weighted by molar-refractivity contribution is 5.94. The van der Waals surface area contributed by atoms with Crippen LogP contribution in [0.5, 0.6) is 5.75 Å². The first-order valence-corrected chi connectivity index (χ1v) is 11.2. The van der Waals surface area contributed by atoms with E-state index in [1.54, 1.807) is 6.92 Å². The predicted octanol–water partition coefficient (Wildman–Crippen LogP) is 5.02. The van der Waals surface area contributed by atoms with Crippen LogP contribution in [-0.4, -0.2) is 37.4 Å². The van der Waals surface area contributed by atoms with E-state index in [0.717, 1.165) is 56.6 Å². The van der Waals surface area contributed by atoms with E-state index in [-0.39, 0.29) is 17.6 Å². The van der Waals surface area contributed by atoms with Crippen LogP contribution in [0.3, 0.4) is 0 Å². The lowest BCUT2D eigenvalue weighted by molar-refractivity contribution is 0.0524. The number of nitrogens with one attached hydrogen (secondary N) is 1. The molecule has 0 saturated heterocycles. The van der Waals surface area contributed by atoms with Crippen molar-refractivity contribution in [3.05, 3.63) is 39.7 Å². The Morgan fingerprint density at radius 3 is 2.43 bits per heavy atom. The van der Waals surface area contributed by atoms with Crippen molar-refractivity contribution < 1.29 is 19.0 Å². The van der Waals surface area contributed by atoms with Crippen LogP contribution in [-0.2, 0) is 15.9 Å². The SMILES string of the molecule is CCCCCOCCCCCc1cc2c(=O)c(C(=O)OCC)c[nH]c2cc1OCC. The molecule has 0 radical (unpaired) electrons. The van der Waals surface area contributed by atoms with Gasteiger partial charge >= 0.3 is 5.97 Å². The van der Waals surface area contributed by atoms with Gasteiger partial charge in [0, 0.05) is 30.9 Å². The Bertz CT molecular complexity index is 859. The van der Waals surface area contributed by atoms with Crippen molar-refractivity contribution in [1.29, 1.82) is 0 Å². The molecule has 0 amide bonds. The molecular formula is C24H35NO5. The summed E-state index contributed by atoms with van der Waals surface area (Å²) in [6, 6.07) is 3.70. The van der Waals surface area contributed by atoms with Crippen LogP contribution in [0.2, 0.25) is 0 Å². The van der Waals surface area contributed by atoms with Crippen molar-refractivity contribution in [2.24, 2.45) is 0 Å².